The Morgan fingerprint density at radius 2 is 2.00 bits per heavy atom. The van der Waals surface area contributed by atoms with Gasteiger partial charge in [-0.2, -0.15) is 0 Å². The molecule has 6 nitrogen and oxygen atoms in total. The van der Waals surface area contributed by atoms with Gasteiger partial charge in [-0.1, -0.05) is 37.3 Å². The molecule has 1 fully saturated rings. The van der Waals surface area contributed by atoms with Gasteiger partial charge in [0.25, 0.3) is 0 Å². The molecule has 0 radical (unpaired) electrons. The SMILES string of the molecule is Cc1ccc(C)c(N2CC(C(=O)Nc3nc4c(s3)C(=O)CC(C)(C)C4)CC2=O)c1. The number of hydrogen-bond acceptors (Lipinski definition) is 5. The Morgan fingerprint density at radius 3 is 2.76 bits per heavy atom. The first-order valence-electron chi connectivity index (χ1n) is 9.84. The lowest BCUT2D eigenvalue weighted by Crippen LogP contribution is -2.28. The fraction of sp³-hybridized carbons (Fsp3) is 0.455. The third-order valence-corrected chi connectivity index (χ3v) is 6.67. The maximum atomic E-state index is 12.8. The molecular formula is C22H25N3O3S. The molecule has 1 unspecified atom stereocenters. The summed E-state index contributed by atoms with van der Waals surface area (Å²) in [6.07, 6.45) is 1.40. The van der Waals surface area contributed by atoms with Gasteiger partial charge in [0, 0.05) is 25.1 Å². The summed E-state index contributed by atoms with van der Waals surface area (Å²) in [5.74, 6) is -0.611. The van der Waals surface area contributed by atoms with Crippen molar-refractivity contribution in [2.75, 3.05) is 16.8 Å². The molecule has 1 aliphatic heterocycles. The number of amides is 2. The minimum Gasteiger partial charge on any atom is -0.311 e. The Morgan fingerprint density at radius 1 is 1.24 bits per heavy atom. The van der Waals surface area contributed by atoms with E-state index in [4.69, 9.17) is 0 Å². The average Bonchev–Trinajstić information content (AvgIpc) is 3.19. The van der Waals surface area contributed by atoms with E-state index < -0.39 is 5.92 Å². The zero-order chi connectivity index (χ0) is 20.9. The molecular weight excluding hydrogens is 386 g/mol. The second kappa shape index (κ2) is 7.06. The predicted molar refractivity (Wildman–Crippen MR) is 114 cm³/mol. The normalized spacial score (nSPS) is 20.7. The van der Waals surface area contributed by atoms with Crippen LogP contribution in [0.25, 0.3) is 0 Å². The Hall–Kier alpha value is -2.54. The van der Waals surface area contributed by atoms with Crippen molar-refractivity contribution < 1.29 is 14.4 Å². The molecule has 0 bridgehead atoms. The summed E-state index contributed by atoms with van der Waals surface area (Å²) in [4.78, 5) is 44.6. The van der Waals surface area contributed by atoms with Gasteiger partial charge < -0.3 is 10.2 Å². The van der Waals surface area contributed by atoms with E-state index in [1.165, 1.54) is 11.3 Å². The van der Waals surface area contributed by atoms with Crippen molar-refractivity contribution in [3.05, 3.63) is 39.9 Å². The monoisotopic (exact) mass is 411 g/mol. The first-order chi connectivity index (χ1) is 13.6. The van der Waals surface area contributed by atoms with Crippen LogP contribution in [0.4, 0.5) is 10.8 Å². The summed E-state index contributed by atoms with van der Waals surface area (Å²) in [6.45, 7) is 8.41. The van der Waals surface area contributed by atoms with Crippen molar-refractivity contribution in [2.24, 2.45) is 11.3 Å². The van der Waals surface area contributed by atoms with Crippen molar-refractivity contribution in [3.63, 3.8) is 0 Å². The van der Waals surface area contributed by atoms with E-state index >= 15 is 0 Å². The molecule has 1 saturated heterocycles. The van der Waals surface area contributed by atoms with Crippen LogP contribution in [0, 0.1) is 25.2 Å². The van der Waals surface area contributed by atoms with Crippen LogP contribution in [-0.2, 0) is 16.0 Å². The van der Waals surface area contributed by atoms with Crippen molar-refractivity contribution in [3.8, 4) is 0 Å². The zero-order valence-corrected chi connectivity index (χ0v) is 18.0. The molecule has 2 aromatic rings. The number of carbonyl (C=O) groups excluding carboxylic acids is 3. The Balaban J connectivity index is 1.48. The molecule has 2 heterocycles. The third kappa shape index (κ3) is 3.83. The van der Waals surface area contributed by atoms with Crippen LogP contribution >= 0.6 is 11.3 Å². The van der Waals surface area contributed by atoms with Crippen molar-refractivity contribution >= 4 is 39.8 Å². The number of Topliss-reactive ketones (excluding diaryl/α,β-unsaturated/α-hetero) is 1. The molecule has 0 spiro atoms. The highest BCUT2D eigenvalue weighted by atomic mass is 32.1. The van der Waals surface area contributed by atoms with E-state index in [-0.39, 0.29) is 29.4 Å². The van der Waals surface area contributed by atoms with Crippen molar-refractivity contribution in [1.82, 2.24) is 4.98 Å². The molecule has 7 heteroatoms. The fourth-order valence-electron chi connectivity index (χ4n) is 4.11. The van der Waals surface area contributed by atoms with Gasteiger partial charge in [-0.25, -0.2) is 4.98 Å². The van der Waals surface area contributed by atoms with Crippen LogP contribution in [0.2, 0.25) is 0 Å². The number of nitrogens with zero attached hydrogens (tertiary/aromatic N) is 2. The Bertz CT molecular complexity index is 1020. The molecule has 0 saturated carbocycles. The lowest BCUT2D eigenvalue weighted by molar-refractivity contribution is -0.122. The van der Waals surface area contributed by atoms with Gasteiger partial charge >= 0.3 is 0 Å². The summed E-state index contributed by atoms with van der Waals surface area (Å²) < 4.78 is 0. The molecule has 1 aromatic carbocycles. The van der Waals surface area contributed by atoms with E-state index in [2.05, 4.69) is 24.1 Å². The highest BCUT2D eigenvalue weighted by Gasteiger charge is 2.37. The van der Waals surface area contributed by atoms with Crippen LogP contribution in [0.5, 0.6) is 0 Å². The van der Waals surface area contributed by atoms with E-state index in [1.807, 2.05) is 32.0 Å². The number of benzene rings is 1. The van der Waals surface area contributed by atoms with Gasteiger partial charge in [0.05, 0.1) is 16.5 Å². The van der Waals surface area contributed by atoms with Crippen LogP contribution < -0.4 is 10.2 Å². The first kappa shape index (κ1) is 19.8. The van der Waals surface area contributed by atoms with Crippen LogP contribution in [0.15, 0.2) is 18.2 Å². The molecule has 152 valence electrons. The molecule has 4 rings (SSSR count). The lowest BCUT2D eigenvalue weighted by atomic mass is 9.78. The standard InChI is InChI=1S/C22H25N3O3S/c1-12-5-6-13(2)16(7-12)25-11-14(8-18(25)27)20(28)24-21-23-15-9-22(3,4)10-17(26)19(15)29-21/h5-7,14H,8-11H2,1-4H3,(H,23,24,28). The third-order valence-electron chi connectivity index (χ3n) is 5.62. The number of aryl methyl sites for hydroxylation is 2. The number of anilines is 2. The van der Waals surface area contributed by atoms with Crippen LogP contribution in [0.3, 0.4) is 0 Å². The minimum atomic E-state index is -0.435. The van der Waals surface area contributed by atoms with E-state index in [1.54, 1.807) is 4.90 Å². The second-order valence-corrected chi connectivity index (χ2v) is 9.92. The zero-order valence-electron chi connectivity index (χ0n) is 17.2. The maximum Gasteiger partial charge on any atom is 0.231 e. The number of aromatic nitrogens is 1. The van der Waals surface area contributed by atoms with Gasteiger partial charge in [-0.15, -0.1) is 0 Å². The highest BCUT2D eigenvalue weighted by molar-refractivity contribution is 7.17. The van der Waals surface area contributed by atoms with Crippen LogP contribution in [-0.4, -0.2) is 29.1 Å². The minimum absolute atomic E-state index is 0.0470. The number of nitrogens with one attached hydrogen (secondary N) is 1. The van der Waals surface area contributed by atoms with Gasteiger partial charge in [0.1, 0.15) is 0 Å². The summed E-state index contributed by atoms with van der Waals surface area (Å²) in [6, 6.07) is 5.98. The molecule has 1 aliphatic carbocycles. The van der Waals surface area contributed by atoms with E-state index in [0.717, 1.165) is 28.9 Å². The van der Waals surface area contributed by atoms with Gasteiger partial charge in [0.2, 0.25) is 11.8 Å². The predicted octanol–water partition coefficient (Wildman–Crippen LogP) is 3.91. The fourth-order valence-corrected chi connectivity index (χ4v) is 5.03. The van der Waals surface area contributed by atoms with Crippen molar-refractivity contribution in [2.45, 2.75) is 47.0 Å². The van der Waals surface area contributed by atoms with Crippen molar-refractivity contribution in [1.29, 1.82) is 0 Å². The number of hydrogen-bond donors (Lipinski definition) is 1. The maximum absolute atomic E-state index is 12.8. The molecule has 1 aromatic heterocycles. The Kier molecular flexibility index (Phi) is 4.81. The number of rotatable bonds is 3. The smallest absolute Gasteiger partial charge is 0.231 e. The Labute approximate surface area is 174 Å². The molecule has 2 amide bonds. The van der Waals surface area contributed by atoms with E-state index in [0.29, 0.717) is 23.0 Å². The number of carbonyl (C=O) groups is 3. The number of thiazole rings is 1. The van der Waals surface area contributed by atoms with Gasteiger partial charge in [-0.3, -0.25) is 14.4 Å². The average molecular weight is 412 g/mol. The summed E-state index contributed by atoms with van der Waals surface area (Å²) >= 11 is 1.24. The summed E-state index contributed by atoms with van der Waals surface area (Å²) in [5, 5.41) is 3.29. The molecule has 1 N–H and O–H groups in total. The molecule has 2 aliphatic rings. The van der Waals surface area contributed by atoms with Gasteiger partial charge in [-0.05, 0) is 42.9 Å². The van der Waals surface area contributed by atoms with E-state index in [9.17, 15) is 14.4 Å². The molecule has 29 heavy (non-hydrogen) atoms. The quantitative estimate of drug-likeness (QED) is 0.831. The lowest BCUT2D eigenvalue weighted by Gasteiger charge is -2.26. The summed E-state index contributed by atoms with van der Waals surface area (Å²) in [7, 11) is 0. The van der Waals surface area contributed by atoms with Crippen LogP contribution in [0.1, 0.15) is 53.2 Å². The van der Waals surface area contributed by atoms with Gasteiger partial charge in [0.15, 0.2) is 10.9 Å². The molecule has 1 atom stereocenters. The second-order valence-electron chi connectivity index (χ2n) is 8.92. The number of fused-ring (bicyclic) bond motifs is 1. The highest BCUT2D eigenvalue weighted by Crippen LogP contribution is 2.38. The largest absolute Gasteiger partial charge is 0.311 e. The summed E-state index contributed by atoms with van der Waals surface area (Å²) in [5.41, 5.74) is 3.61. The number of ketones is 1. The topological polar surface area (TPSA) is 79.4 Å². The first-order valence-corrected chi connectivity index (χ1v) is 10.7.